The lowest BCUT2D eigenvalue weighted by Crippen LogP contribution is -2.53. The lowest BCUT2D eigenvalue weighted by atomic mass is 10.0. The topological polar surface area (TPSA) is 86.8 Å². The summed E-state index contributed by atoms with van der Waals surface area (Å²) in [4.78, 5) is 28.4. The lowest BCUT2D eigenvalue weighted by Gasteiger charge is -2.33. The Morgan fingerprint density at radius 3 is 2.24 bits per heavy atom. The molecule has 0 aromatic heterocycles. The van der Waals surface area contributed by atoms with Crippen LogP contribution in [0.4, 0.5) is 5.69 Å². The molecule has 2 amide bonds. The van der Waals surface area contributed by atoms with Crippen molar-refractivity contribution >= 4 is 50.7 Å². The fourth-order valence-electron chi connectivity index (χ4n) is 3.98. The largest absolute Gasteiger partial charge is 0.357 e. The van der Waals surface area contributed by atoms with Gasteiger partial charge in [-0.25, -0.2) is 8.42 Å². The molecule has 0 fully saturated rings. The summed E-state index contributed by atoms with van der Waals surface area (Å²) in [6.07, 6.45) is 1.25. The van der Waals surface area contributed by atoms with Crippen LogP contribution < -0.4 is 9.62 Å². The number of amides is 2. The zero-order chi connectivity index (χ0) is 27.2. The van der Waals surface area contributed by atoms with Crippen LogP contribution in [0.25, 0.3) is 0 Å². The first-order valence-corrected chi connectivity index (χ1v) is 14.1. The molecular weight excluding hydrogens is 533 g/mol. The Morgan fingerprint density at radius 2 is 1.62 bits per heavy atom. The molecule has 0 saturated carbocycles. The van der Waals surface area contributed by atoms with Crippen LogP contribution >= 0.6 is 23.2 Å². The highest BCUT2D eigenvalue weighted by Gasteiger charge is 2.33. The van der Waals surface area contributed by atoms with Gasteiger partial charge >= 0.3 is 0 Å². The van der Waals surface area contributed by atoms with Gasteiger partial charge < -0.3 is 10.2 Å². The van der Waals surface area contributed by atoms with Gasteiger partial charge in [-0.05, 0) is 41.8 Å². The molecule has 0 bridgehead atoms. The highest BCUT2D eigenvalue weighted by molar-refractivity contribution is 7.92. The summed E-state index contributed by atoms with van der Waals surface area (Å²) in [5.74, 6) is -0.941. The van der Waals surface area contributed by atoms with Crippen molar-refractivity contribution in [3.8, 4) is 0 Å². The Labute approximate surface area is 228 Å². The summed E-state index contributed by atoms with van der Waals surface area (Å²) < 4.78 is 26.7. The Hall–Kier alpha value is -3.07. The van der Waals surface area contributed by atoms with E-state index in [0.717, 1.165) is 16.1 Å². The summed E-state index contributed by atoms with van der Waals surface area (Å²) >= 11 is 12.6. The van der Waals surface area contributed by atoms with E-state index in [1.807, 2.05) is 30.3 Å². The first-order chi connectivity index (χ1) is 17.5. The van der Waals surface area contributed by atoms with Crippen molar-refractivity contribution in [1.29, 1.82) is 0 Å². The Morgan fingerprint density at radius 1 is 0.973 bits per heavy atom. The Bertz CT molecular complexity index is 1370. The Balaban J connectivity index is 2.07. The van der Waals surface area contributed by atoms with Gasteiger partial charge in [0.15, 0.2) is 0 Å². The molecule has 37 heavy (non-hydrogen) atoms. The summed E-state index contributed by atoms with van der Waals surface area (Å²) in [6.45, 7) is 1.22. The zero-order valence-electron chi connectivity index (χ0n) is 20.8. The van der Waals surface area contributed by atoms with Gasteiger partial charge in [-0.3, -0.25) is 13.9 Å². The van der Waals surface area contributed by atoms with Crippen LogP contribution in [0.3, 0.4) is 0 Å². The fraction of sp³-hybridized carbons (Fsp3) is 0.259. The SMILES string of the molecule is CNC(=O)C(Cc1ccccc1)N(Cc1ccccc1Cl)C(=O)CN(c1cc(Cl)ccc1C)S(C)(=O)=O. The molecule has 0 spiro atoms. The van der Waals surface area contributed by atoms with Crippen LogP contribution in [0, 0.1) is 6.92 Å². The van der Waals surface area contributed by atoms with Crippen LogP contribution in [0.2, 0.25) is 10.0 Å². The molecule has 0 radical (unpaired) electrons. The van der Waals surface area contributed by atoms with Crippen molar-refractivity contribution in [3.63, 3.8) is 0 Å². The highest BCUT2D eigenvalue weighted by Crippen LogP contribution is 2.27. The first kappa shape index (κ1) is 28.5. The Kier molecular flexibility index (Phi) is 9.59. The molecule has 0 aliphatic rings. The predicted octanol–water partition coefficient (Wildman–Crippen LogP) is 4.45. The maximum absolute atomic E-state index is 13.9. The van der Waals surface area contributed by atoms with Crippen LogP contribution in [0.5, 0.6) is 0 Å². The number of benzene rings is 3. The van der Waals surface area contributed by atoms with Gasteiger partial charge in [0.2, 0.25) is 21.8 Å². The second kappa shape index (κ2) is 12.4. The minimum absolute atomic E-state index is 0.00948. The average Bonchev–Trinajstić information content (AvgIpc) is 2.86. The van der Waals surface area contributed by atoms with Gasteiger partial charge in [0.25, 0.3) is 0 Å². The number of rotatable bonds is 10. The van der Waals surface area contributed by atoms with E-state index in [1.54, 1.807) is 43.3 Å². The second-order valence-electron chi connectivity index (χ2n) is 8.63. The third-order valence-electron chi connectivity index (χ3n) is 5.94. The highest BCUT2D eigenvalue weighted by atomic mass is 35.5. The van der Waals surface area contributed by atoms with Gasteiger partial charge in [-0.15, -0.1) is 0 Å². The van der Waals surface area contributed by atoms with Crippen molar-refractivity contribution in [3.05, 3.63) is 99.5 Å². The minimum atomic E-state index is -3.88. The monoisotopic (exact) mass is 561 g/mol. The molecule has 1 atom stereocenters. The third-order valence-corrected chi connectivity index (χ3v) is 7.67. The average molecular weight is 563 g/mol. The number of likely N-dealkylation sites (N-methyl/N-ethyl adjacent to an activating group) is 1. The molecule has 0 heterocycles. The molecule has 7 nitrogen and oxygen atoms in total. The molecule has 1 N–H and O–H groups in total. The van der Waals surface area contributed by atoms with E-state index in [4.69, 9.17) is 23.2 Å². The van der Waals surface area contributed by atoms with E-state index in [2.05, 4.69) is 5.32 Å². The molecular formula is C27H29Cl2N3O4S. The molecule has 3 aromatic carbocycles. The van der Waals surface area contributed by atoms with Crippen LogP contribution in [0.1, 0.15) is 16.7 Å². The molecule has 0 aliphatic carbocycles. The van der Waals surface area contributed by atoms with Crippen LogP contribution in [-0.4, -0.2) is 51.0 Å². The summed E-state index contributed by atoms with van der Waals surface area (Å²) in [5.41, 5.74) is 2.40. The number of nitrogens with zero attached hydrogens (tertiary/aromatic N) is 2. The van der Waals surface area contributed by atoms with Crippen molar-refractivity contribution in [1.82, 2.24) is 10.2 Å². The number of anilines is 1. The number of carbonyl (C=O) groups is 2. The number of nitrogens with one attached hydrogen (secondary N) is 1. The van der Waals surface area contributed by atoms with Gasteiger partial charge in [-0.1, -0.05) is 77.8 Å². The molecule has 3 aromatic rings. The lowest BCUT2D eigenvalue weighted by molar-refractivity contribution is -0.139. The number of carbonyl (C=O) groups excluding carboxylic acids is 2. The second-order valence-corrected chi connectivity index (χ2v) is 11.4. The summed E-state index contributed by atoms with van der Waals surface area (Å²) in [6, 6.07) is 20.2. The summed E-state index contributed by atoms with van der Waals surface area (Å²) in [5, 5.41) is 3.40. The molecule has 0 saturated heterocycles. The quantitative estimate of drug-likeness (QED) is 0.396. The smallest absolute Gasteiger partial charge is 0.244 e. The van der Waals surface area contributed by atoms with Crippen molar-refractivity contribution in [2.45, 2.75) is 25.9 Å². The number of hydrogen-bond acceptors (Lipinski definition) is 4. The van der Waals surface area contributed by atoms with Crippen molar-refractivity contribution < 1.29 is 18.0 Å². The van der Waals surface area contributed by atoms with Gasteiger partial charge in [0.05, 0.1) is 11.9 Å². The van der Waals surface area contributed by atoms with E-state index in [-0.39, 0.29) is 18.9 Å². The zero-order valence-corrected chi connectivity index (χ0v) is 23.1. The summed E-state index contributed by atoms with van der Waals surface area (Å²) in [7, 11) is -2.38. The maximum atomic E-state index is 13.9. The standard InChI is InChI=1S/C27H29Cl2N3O4S/c1-19-13-14-22(28)16-24(19)32(37(3,35)36)18-26(33)31(17-21-11-7-8-12-23(21)29)25(27(34)30-2)15-20-9-5-4-6-10-20/h4-14,16,25H,15,17-18H2,1-3H3,(H,30,34). The number of hydrogen-bond donors (Lipinski definition) is 1. The number of aryl methyl sites for hydroxylation is 1. The van der Waals surface area contributed by atoms with E-state index in [9.17, 15) is 18.0 Å². The van der Waals surface area contributed by atoms with Crippen molar-refractivity contribution in [2.75, 3.05) is 24.2 Å². The molecule has 1 unspecified atom stereocenters. The predicted molar refractivity (Wildman–Crippen MR) is 148 cm³/mol. The van der Waals surface area contributed by atoms with Crippen molar-refractivity contribution in [2.24, 2.45) is 0 Å². The van der Waals surface area contributed by atoms with Crippen LogP contribution in [-0.2, 0) is 32.6 Å². The van der Waals surface area contributed by atoms with Crippen LogP contribution in [0.15, 0.2) is 72.8 Å². The third kappa shape index (κ3) is 7.47. The molecule has 196 valence electrons. The molecule has 10 heteroatoms. The maximum Gasteiger partial charge on any atom is 0.244 e. The van der Waals surface area contributed by atoms with E-state index in [0.29, 0.717) is 26.9 Å². The minimum Gasteiger partial charge on any atom is -0.357 e. The number of sulfonamides is 1. The van der Waals surface area contributed by atoms with Gasteiger partial charge in [-0.2, -0.15) is 0 Å². The molecule has 3 rings (SSSR count). The van der Waals surface area contributed by atoms with Gasteiger partial charge in [0.1, 0.15) is 12.6 Å². The molecule has 0 aliphatic heterocycles. The normalized spacial score (nSPS) is 12.0. The number of halogens is 2. The fourth-order valence-corrected chi connectivity index (χ4v) is 5.24. The first-order valence-electron chi connectivity index (χ1n) is 11.5. The van der Waals surface area contributed by atoms with E-state index < -0.39 is 28.5 Å². The van der Waals surface area contributed by atoms with E-state index >= 15 is 0 Å². The van der Waals surface area contributed by atoms with E-state index in [1.165, 1.54) is 18.0 Å². The van der Waals surface area contributed by atoms with Gasteiger partial charge in [0, 0.05) is 30.1 Å².